The van der Waals surface area contributed by atoms with E-state index in [-0.39, 0.29) is 24.0 Å². The van der Waals surface area contributed by atoms with Gasteiger partial charge in [0.25, 0.3) is 5.91 Å². The molecule has 0 bridgehead atoms. The van der Waals surface area contributed by atoms with E-state index in [0.29, 0.717) is 16.7 Å². The molecule has 0 radical (unpaired) electrons. The number of carbonyl (C=O) groups is 1. The Bertz CT molecular complexity index is 1350. The number of rotatable bonds is 9. The minimum absolute atomic E-state index is 0.0428. The molecule has 0 aliphatic carbocycles. The van der Waals surface area contributed by atoms with E-state index in [2.05, 4.69) is 53.4 Å². The van der Waals surface area contributed by atoms with Crippen molar-refractivity contribution in [3.8, 4) is 22.8 Å². The molecule has 1 aliphatic heterocycles. The fourth-order valence-electron chi connectivity index (χ4n) is 4.17. The van der Waals surface area contributed by atoms with E-state index in [4.69, 9.17) is 8.92 Å². The molecule has 2 aromatic carbocycles. The van der Waals surface area contributed by atoms with Gasteiger partial charge in [-0.25, -0.2) is 0 Å². The average molecular weight is 487 g/mol. The first-order chi connectivity index (χ1) is 16.1. The van der Waals surface area contributed by atoms with Crippen molar-refractivity contribution in [2.75, 3.05) is 47.6 Å². The van der Waals surface area contributed by atoms with Gasteiger partial charge in [0.2, 0.25) is 0 Å². The lowest BCUT2D eigenvalue weighted by Crippen LogP contribution is -2.28. The summed E-state index contributed by atoms with van der Waals surface area (Å²) in [4.78, 5) is 20.5. The van der Waals surface area contributed by atoms with Crippen molar-refractivity contribution in [2.45, 2.75) is 13.1 Å². The third-order valence-electron chi connectivity index (χ3n) is 5.81. The molecule has 0 fully saturated rings. The summed E-state index contributed by atoms with van der Waals surface area (Å²) < 4.78 is 34.2. The molecule has 0 saturated carbocycles. The number of benzene rings is 2. The number of aromatic amines is 1. The molecule has 182 valence electrons. The summed E-state index contributed by atoms with van der Waals surface area (Å²) in [6.45, 7) is 2.94. The highest BCUT2D eigenvalue weighted by Crippen LogP contribution is 2.43. The maximum atomic E-state index is 12.7. The quantitative estimate of drug-likeness (QED) is 0.448. The summed E-state index contributed by atoms with van der Waals surface area (Å²) in [7, 11) is 3.86. The fourth-order valence-corrected chi connectivity index (χ4v) is 4.66. The Labute approximate surface area is 199 Å². The van der Waals surface area contributed by atoms with E-state index in [1.165, 1.54) is 12.7 Å². The third kappa shape index (κ3) is 5.03. The number of aromatic nitrogens is 1. The Balaban J connectivity index is 1.73. The van der Waals surface area contributed by atoms with Crippen LogP contribution in [0.25, 0.3) is 22.2 Å². The molecule has 9 nitrogen and oxygen atoms in total. The van der Waals surface area contributed by atoms with E-state index in [9.17, 15) is 13.2 Å². The zero-order valence-electron chi connectivity index (χ0n) is 20.1. The van der Waals surface area contributed by atoms with Crippen LogP contribution in [0.1, 0.15) is 21.5 Å². The van der Waals surface area contributed by atoms with Crippen LogP contribution in [0.4, 0.5) is 0 Å². The molecule has 0 spiro atoms. The van der Waals surface area contributed by atoms with Crippen LogP contribution in [0, 0.1) is 0 Å². The SMILES string of the molecule is COc1cc(-c2cc3cc(CN(C)CCN(C)C)ccc3[nH]2)c2c(c1OS(C)(=O)=O)CNC2=O. The summed E-state index contributed by atoms with van der Waals surface area (Å²) >= 11 is 0. The number of likely N-dealkylation sites (N-methyl/N-ethyl adjacent to an activating group) is 2. The van der Waals surface area contributed by atoms with Crippen LogP contribution in [-0.4, -0.2) is 76.7 Å². The normalized spacial score (nSPS) is 13.6. The number of carbonyl (C=O) groups excluding carboxylic acids is 1. The molecule has 0 saturated heterocycles. The van der Waals surface area contributed by atoms with Gasteiger partial charge in [-0.15, -0.1) is 0 Å². The Morgan fingerprint density at radius 3 is 2.53 bits per heavy atom. The minimum Gasteiger partial charge on any atom is -0.493 e. The van der Waals surface area contributed by atoms with Gasteiger partial charge in [0.15, 0.2) is 11.5 Å². The standard InChI is InChI=1S/C24H30N4O5S/c1-27(2)8-9-28(3)14-15-6-7-19-16(10-15)11-20(26-19)17-12-21(32-4)23(33-34(5,30)31)18-13-25-24(29)22(17)18/h6-7,10-12,26H,8-9,13-14H2,1-5H3,(H,25,29). The maximum absolute atomic E-state index is 12.7. The molecule has 34 heavy (non-hydrogen) atoms. The van der Waals surface area contributed by atoms with Gasteiger partial charge in [-0.3, -0.25) is 4.79 Å². The fraction of sp³-hybridized carbons (Fsp3) is 0.375. The molecule has 10 heteroatoms. The maximum Gasteiger partial charge on any atom is 0.306 e. The number of hydrogen-bond donors (Lipinski definition) is 2. The zero-order chi connectivity index (χ0) is 24.6. The largest absolute Gasteiger partial charge is 0.493 e. The Kier molecular flexibility index (Phi) is 6.57. The van der Waals surface area contributed by atoms with Gasteiger partial charge in [0, 0.05) is 53.9 Å². The number of nitrogens with one attached hydrogen (secondary N) is 2. The first kappa shape index (κ1) is 24.1. The Morgan fingerprint density at radius 1 is 1.09 bits per heavy atom. The topological polar surface area (TPSA) is 104 Å². The lowest BCUT2D eigenvalue weighted by molar-refractivity contribution is 0.0966. The van der Waals surface area contributed by atoms with Crippen LogP contribution in [0.3, 0.4) is 0 Å². The number of fused-ring (bicyclic) bond motifs is 2. The molecule has 0 unspecified atom stereocenters. The van der Waals surface area contributed by atoms with E-state index >= 15 is 0 Å². The van der Waals surface area contributed by atoms with Crippen molar-refractivity contribution in [3.05, 3.63) is 47.0 Å². The predicted octanol–water partition coefficient (Wildman–Crippen LogP) is 2.42. The molecular weight excluding hydrogens is 456 g/mol. The summed E-state index contributed by atoms with van der Waals surface area (Å²) in [6.07, 6.45) is 0.962. The van der Waals surface area contributed by atoms with Crippen molar-refractivity contribution in [1.29, 1.82) is 0 Å². The highest BCUT2D eigenvalue weighted by Gasteiger charge is 2.31. The number of H-pyrrole nitrogens is 1. The van der Waals surface area contributed by atoms with Gasteiger partial charge in [-0.05, 0) is 51.0 Å². The van der Waals surface area contributed by atoms with E-state index < -0.39 is 10.1 Å². The first-order valence-corrected chi connectivity index (χ1v) is 12.7. The molecule has 2 N–H and O–H groups in total. The van der Waals surface area contributed by atoms with E-state index in [1.807, 2.05) is 12.1 Å². The van der Waals surface area contributed by atoms with Gasteiger partial charge in [-0.1, -0.05) is 6.07 Å². The van der Waals surface area contributed by atoms with Crippen LogP contribution >= 0.6 is 0 Å². The molecule has 4 rings (SSSR count). The van der Waals surface area contributed by atoms with Crippen LogP contribution in [0.2, 0.25) is 0 Å². The van der Waals surface area contributed by atoms with Crippen LogP contribution in [0.5, 0.6) is 11.5 Å². The van der Waals surface area contributed by atoms with Crippen molar-refractivity contribution >= 4 is 26.9 Å². The number of hydrogen-bond acceptors (Lipinski definition) is 7. The molecule has 0 atom stereocenters. The van der Waals surface area contributed by atoms with Crippen LogP contribution in [-0.2, 0) is 23.2 Å². The summed E-state index contributed by atoms with van der Waals surface area (Å²) in [5.74, 6) is 0.00617. The first-order valence-electron chi connectivity index (χ1n) is 10.9. The van der Waals surface area contributed by atoms with Gasteiger partial charge in [-0.2, -0.15) is 8.42 Å². The lowest BCUT2D eigenvalue weighted by atomic mass is 9.98. The number of ether oxygens (including phenoxy) is 1. The number of nitrogens with zero attached hydrogens (tertiary/aromatic N) is 2. The molecule has 3 aromatic rings. The second-order valence-electron chi connectivity index (χ2n) is 8.92. The van der Waals surface area contributed by atoms with Crippen LogP contribution in [0.15, 0.2) is 30.3 Å². The second kappa shape index (κ2) is 9.28. The van der Waals surface area contributed by atoms with Gasteiger partial charge in [0.05, 0.1) is 18.9 Å². The van der Waals surface area contributed by atoms with Crippen LogP contribution < -0.4 is 14.2 Å². The van der Waals surface area contributed by atoms with Crippen molar-refractivity contribution in [2.24, 2.45) is 0 Å². The molecule has 1 amide bonds. The Morgan fingerprint density at radius 2 is 1.85 bits per heavy atom. The van der Waals surface area contributed by atoms with Gasteiger partial charge < -0.3 is 29.0 Å². The van der Waals surface area contributed by atoms with Crippen molar-refractivity contribution in [3.63, 3.8) is 0 Å². The summed E-state index contributed by atoms with van der Waals surface area (Å²) in [5.41, 5.74) is 4.35. The summed E-state index contributed by atoms with van der Waals surface area (Å²) in [5, 5.41) is 3.79. The Hall–Kier alpha value is -3.08. The van der Waals surface area contributed by atoms with Crippen molar-refractivity contribution < 1.29 is 22.1 Å². The van der Waals surface area contributed by atoms with Gasteiger partial charge in [0.1, 0.15) is 0 Å². The smallest absolute Gasteiger partial charge is 0.306 e. The highest BCUT2D eigenvalue weighted by molar-refractivity contribution is 7.86. The zero-order valence-corrected chi connectivity index (χ0v) is 20.9. The number of methoxy groups -OCH3 is 1. The predicted molar refractivity (Wildman–Crippen MR) is 132 cm³/mol. The van der Waals surface area contributed by atoms with E-state index in [1.54, 1.807) is 6.07 Å². The average Bonchev–Trinajstić information content (AvgIpc) is 3.35. The van der Waals surface area contributed by atoms with Crippen molar-refractivity contribution in [1.82, 2.24) is 20.1 Å². The highest BCUT2D eigenvalue weighted by atomic mass is 32.2. The second-order valence-corrected chi connectivity index (χ2v) is 10.5. The monoisotopic (exact) mass is 486 g/mol. The van der Waals surface area contributed by atoms with Gasteiger partial charge >= 0.3 is 10.1 Å². The third-order valence-corrected chi connectivity index (χ3v) is 6.28. The lowest BCUT2D eigenvalue weighted by Gasteiger charge is -2.19. The molecule has 1 aromatic heterocycles. The van der Waals surface area contributed by atoms with E-state index in [0.717, 1.165) is 42.5 Å². The molecule has 2 heterocycles. The molecular formula is C24H30N4O5S. The minimum atomic E-state index is -3.80. The molecule has 1 aliphatic rings. The summed E-state index contributed by atoms with van der Waals surface area (Å²) in [6, 6.07) is 9.91. The number of amides is 1.